The van der Waals surface area contributed by atoms with E-state index in [4.69, 9.17) is 18.9 Å². The minimum absolute atomic E-state index is 0.222. The molecule has 0 aromatic carbocycles. The van der Waals surface area contributed by atoms with E-state index in [1.807, 2.05) is 0 Å². The normalized spacial score (nSPS) is 20.1. The summed E-state index contributed by atoms with van der Waals surface area (Å²) in [5.74, 6) is -0.817. The molecule has 1 aliphatic rings. The average molecular weight is 851 g/mol. The van der Waals surface area contributed by atoms with Crippen molar-refractivity contribution in [1.82, 2.24) is 0 Å². The molecule has 1 fully saturated rings. The predicted molar refractivity (Wildman–Crippen MR) is 242 cm³/mol. The summed E-state index contributed by atoms with van der Waals surface area (Å²) >= 11 is 0. The number of aliphatic hydroxyl groups excluding tert-OH is 4. The van der Waals surface area contributed by atoms with E-state index in [1.54, 1.807) is 0 Å². The molecule has 0 saturated carbocycles. The van der Waals surface area contributed by atoms with Crippen LogP contribution in [0.2, 0.25) is 0 Å². The number of esters is 2. The maximum Gasteiger partial charge on any atom is 0.306 e. The largest absolute Gasteiger partial charge is 0.462 e. The third-order valence-corrected chi connectivity index (χ3v) is 11.2. The van der Waals surface area contributed by atoms with E-state index >= 15 is 0 Å². The highest BCUT2D eigenvalue weighted by Crippen LogP contribution is 2.23. The molecule has 4 N–H and O–H groups in total. The molecule has 350 valence electrons. The first-order chi connectivity index (χ1) is 29.3. The first kappa shape index (κ1) is 55.9. The fourth-order valence-corrected chi connectivity index (χ4v) is 7.33. The average Bonchev–Trinajstić information content (AvgIpc) is 3.25. The van der Waals surface area contributed by atoms with E-state index in [-0.39, 0.29) is 32.0 Å². The minimum atomic E-state index is -1.60. The van der Waals surface area contributed by atoms with Crippen molar-refractivity contribution in [3.63, 3.8) is 0 Å². The lowest BCUT2D eigenvalue weighted by atomic mass is 9.99. The number of carbonyl (C=O) groups excluding carboxylic acids is 2. The lowest BCUT2D eigenvalue weighted by molar-refractivity contribution is -0.305. The van der Waals surface area contributed by atoms with Crippen molar-refractivity contribution < 1.29 is 49.0 Å². The first-order valence-electron chi connectivity index (χ1n) is 24.6. The molecule has 1 heterocycles. The zero-order valence-electron chi connectivity index (χ0n) is 38.2. The highest BCUT2D eigenvalue weighted by molar-refractivity contribution is 5.70. The molecule has 60 heavy (non-hydrogen) atoms. The summed E-state index contributed by atoms with van der Waals surface area (Å²) in [6.07, 6.45) is 40.0. The van der Waals surface area contributed by atoms with Crippen molar-refractivity contribution >= 4 is 11.9 Å². The number of hydrogen-bond donors (Lipinski definition) is 4. The van der Waals surface area contributed by atoms with Crippen LogP contribution in [0.5, 0.6) is 0 Å². The van der Waals surface area contributed by atoms with Gasteiger partial charge in [0.15, 0.2) is 12.4 Å². The Morgan fingerprint density at radius 2 is 0.933 bits per heavy atom. The van der Waals surface area contributed by atoms with Crippen LogP contribution >= 0.6 is 0 Å². The van der Waals surface area contributed by atoms with Gasteiger partial charge in [-0.25, -0.2) is 0 Å². The molecule has 0 aromatic heterocycles. The summed E-state index contributed by atoms with van der Waals surface area (Å²) in [6.45, 7) is 3.40. The molecule has 0 aromatic rings. The number of rotatable bonds is 41. The molecule has 1 rings (SSSR count). The summed E-state index contributed by atoms with van der Waals surface area (Å²) in [4.78, 5) is 25.4. The summed E-state index contributed by atoms with van der Waals surface area (Å²) in [5, 5.41) is 40.1. The van der Waals surface area contributed by atoms with Crippen LogP contribution in [0.1, 0.15) is 213 Å². The lowest BCUT2D eigenvalue weighted by Crippen LogP contribution is -2.59. The second kappa shape index (κ2) is 41.0. The number of unbranched alkanes of at least 4 members (excludes halogenated alkanes) is 24. The van der Waals surface area contributed by atoms with E-state index in [9.17, 15) is 30.0 Å². The van der Waals surface area contributed by atoms with Crippen molar-refractivity contribution in [1.29, 1.82) is 0 Å². The predicted octanol–water partition coefficient (Wildman–Crippen LogP) is 11.1. The number of hydrogen-bond acceptors (Lipinski definition) is 10. The molecule has 10 heteroatoms. The highest BCUT2D eigenvalue weighted by Gasteiger charge is 2.44. The van der Waals surface area contributed by atoms with Crippen molar-refractivity contribution in [2.24, 2.45) is 0 Å². The molecule has 0 amide bonds. The Bertz CT molecular complexity index is 1080. The van der Waals surface area contributed by atoms with Gasteiger partial charge in [0.05, 0.1) is 13.2 Å². The molecule has 0 radical (unpaired) electrons. The van der Waals surface area contributed by atoms with Crippen molar-refractivity contribution in [3.8, 4) is 0 Å². The van der Waals surface area contributed by atoms with Crippen molar-refractivity contribution in [3.05, 3.63) is 36.5 Å². The Labute approximate surface area is 366 Å². The fourth-order valence-electron chi connectivity index (χ4n) is 7.33. The smallest absolute Gasteiger partial charge is 0.306 e. The zero-order chi connectivity index (χ0) is 43.7. The Morgan fingerprint density at radius 3 is 1.40 bits per heavy atom. The van der Waals surface area contributed by atoms with E-state index < -0.39 is 49.4 Å². The Balaban J connectivity index is 2.28. The molecule has 1 saturated heterocycles. The van der Waals surface area contributed by atoms with Crippen LogP contribution in [0.15, 0.2) is 36.5 Å². The molecule has 0 bridgehead atoms. The third-order valence-electron chi connectivity index (χ3n) is 11.2. The number of allylic oxidation sites excluding steroid dienone is 6. The Morgan fingerprint density at radius 1 is 0.517 bits per heavy atom. The van der Waals surface area contributed by atoms with Gasteiger partial charge in [0.25, 0.3) is 0 Å². The second-order valence-electron chi connectivity index (χ2n) is 16.9. The number of ether oxygens (including phenoxy) is 4. The zero-order valence-corrected chi connectivity index (χ0v) is 38.2. The number of aliphatic hydroxyl groups is 4. The van der Waals surface area contributed by atoms with E-state index in [2.05, 4.69) is 50.3 Å². The SMILES string of the molecule is CCCCCCC/C=C\C/C=C\CCCCCCCCCCCC(=O)OC(COC(=O)CCCCCCC/C=C\CCCCCCC)COC1OC(CO)C(O)C(O)C1O. The summed E-state index contributed by atoms with van der Waals surface area (Å²) < 4.78 is 22.2. The Hall–Kier alpha value is -2.08. The van der Waals surface area contributed by atoms with Gasteiger partial charge in [-0.3, -0.25) is 9.59 Å². The van der Waals surface area contributed by atoms with E-state index in [1.165, 1.54) is 109 Å². The highest BCUT2D eigenvalue weighted by atomic mass is 16.7. The van der Waals surface area contributed by atoms with Gasteiger partial charge in [-0.1, -0.05) is 166 Å². The summed E-state index contributed by atoms with van der Waals surface area (Å²) in [7, 11) is 0. The minimum Gasteiger partial charge on any atom is -0.462 e. The van der Waals surface area contributed by atoms with Gasteiger partial charge in [-0.15, -0.1) is 0 Å². The first-order valence-corrected chi connectivity index (χ1v) is 24.6. The summed E-state index contributed by atoms with van der Waals surface area (Å²) in [5.41, 5.74) is 0. The van der Waals surface area contributed by atoms with Gasteiger partial charge >= 0.3 is 11.9 Å². The van der Waals surface area contributed by atoms with Crippen LogP contribution in [0, 0.1) is 0 Å². The van der Waals surface area contributed by atoms with Crippen LogP contribution in [0.3, 0.4) is 0 Å². The molecule has 6 atom stereocenters. The second-order valence-corrected chi connectivity index (χ2v) is 16.9. The molecule has 6 unspecified atom stereocenters. The molecular weight excluding hydrogens is 761 g/mol. The van der Waals surface area contributed by atoms with Crippen LogP contribution in [-0.4, -0.2) is 89.0 Å². The molecule has 10 nitrogen and oxygen atoms in total. The van der Waals surface area contributed by atoms with Crippen LogP contribution < -0.4 is 0 Å². The quantitative estimate of drug-likeness (QED) is 0.0266. The lowest BCUT2D eigenvalue weighted by Gasteiger charge is -2.39. The van der Waals surface area contributed by atoms with Crippen molar-refractivity contribution in [2.45, 2.75) is 250 Å². The van der Waals surface area contributed by atoms with Gasteiger partial charge in [-0.05, 0) is 70.6 Å². The molecule has 1 aliphatic heterocycles. The van der Waals surface area contributed by atoms with Crippen molar-refractivity contribution in [2.75, 3.05) is 19.8 Å². The Kier molecular flexibility index (Phi) is 38.2. The van der Waals surface area contributed by atoms with E-state index in [0.29, 0.717) is 12.8 Å². The molecule has 0 spiro atoms. The van der Waals surface area contributed by atoms with E-state index in [0.717, 1.165) is 64.2 Å². The van der Waals surface area contributed by atoms with Gasteiger partial charge in [0.2, 0.25) is 0 Å². The monoisotopic (exact) mass is 851 g/mol. The number of carbonyl (C=O) groups is 2. The fraction of sp³-hybridized carbons (Fsp3) is 0.840. The topological polar surface area (TPSA) is 152 Å². The maximum absolute atomic E-state index is 12.8. The maximum atomic E-state index is 12.8. The summed E-state index contributed by atoms with van der Waals surface area (Å²) in [6, 6.07) is 0. The van der Waals surface area contributed by atoms with Crippen LogP contribution in [-0.2, 0) is 28.5 Å². The van der Waals surface area contributed by atoms with Gasteiger partial charge in [0.1, 0.15) is 31.0 Å². The van der Waals surface area contributed by atoms with Gasteiger partial charge in [0, 0.05) is 12.8 Å². The van der Waals surface area contributed by atoms with Gasteiger partial charge in [-0.2, -0.15) is 0 Å². The van der Waals surface area contributed by atoms with Crippen LogP contribution in [0.4, 0.5) is 0 Å². The molecular formula is C50H90O10. The van der Waals surface area contributed by atoms with Gasteiger partial charge < -0.3 is 39.4 Å². The van der Waals surface area contributed by atoms with Crippen LogP contribution in [0.25, 0.3) is 0 Å². The standard InChI is InChI=1S/C50H90O10/c1-3-5-7-9-11-13-15-17-19-20-21-22-23-24-25-27-29-31-33-35-37-39-46(53)59-43(42-58-50-49(56)48(55)47(54)44(40-51)60-50)41-57-45(52)38-36-34-32-30-28-26-18-16-14-12-10-8-6-4-2/h15-18,20-21,43-44,47-51,54-56H,3-14,19,22-42H2,1-2H3/b17-15-,18-16-,21-20-. The molecule has 0 aliphatic carbocycles. The third kappa shape index (κ3) is 31.7.